The summed E-state index contributed by atoms with van der Waals surface area (Å²) in [6.45, 7) is 14.6. The van der Waals surface area contributed by atoms with Crippen molar-refractivity contribution in [3.8, 4) is 0 Å². The normalized spacial score (nSPS) is 42.6. The predicted molar refractivity (Wildman–Crippen MR) is 88.4 cm³/mol. The van der Waals surface area contributed by atoms with Crippen LogP contribution in [0.4, 0.5) is 0 Å². The monoisotopic (exact) mass is 342 g/mol. The van der Waals surface area contributed by atoms with Gasteiger partial charge in [0, 0.05) is 16.0 Å². The van der Waals surface area contributed by atoms with Gasteiger partial charge in [-0.1, -0.05) is 41.5 Å². The second kappa shape index (κ2) is 4.88. The van der Waals surface area contributed by atoms with Crippen LogP contribution in [0.3, 0.4) is 0 Å². The van der Waals surface area contributed by atoms with Crippen LogP contribution in [-0.4, -0.2) is 50.0 Å². The van der Waals surface area contributed by atoms with Crippen molar-refractivity contribution in [1.82, 2.24) is 0 Å². The summed E-state index contributed by atoms with van der Waals surface area (Å²) in [6, 6.07) is 0. The van der Waals surface area contributed by atoms with Gasteiger partial charge in [-0.05, 0) is 13.3 Å². The first kappa shape index (κ1) is 17.5. The SMILES string of the molecule is CC(=O)[C@@]1(O)[C@@H]2O[Si](C(C)(C)C)(C(C)(C)C)OC[C@H]2O[C@H]2C[C@@H]21. The minimum Gasteiger partial charge on any atom is -0.391 e. The van der Waals surface area contributed by atoms with Crippen LogP contribution < -0.4 is 0 Å². The van der Waals surface area contributed by atoms with Gasteiger partial charge in [0.25, 0.3) is 0 Å². The van der Waals surface area contributed by atoms with E-state index in [9.17, 15) is 9.90 Å². The number of carbonyl (C=O) groups is 1. The van der Waals surface area contributed by atoms with Crippen molar-refractivity contribution in [3.63, 3.8) is 0 Å². The van der Waals surface area contributed by atoms with Gasteiger partial charge in [-0.3, -0.25) is 4.79 Å². The van der Waals surface area contributed by atoms with Gasteiger partial charge in [0.05, 0.1) is 12.7 Å². The van der Waals surface area contributed by atoms with Gasteiger partial charge in [-0.2, -0.15) is 0 Å². The highest BCUT2D eigenvalue weighted by atomic mass is 28.4. The first-order valence-corrected chi connectivity index (χ1v) is 10.4. The van der Waals surface area contributed by atoms with E-state index in [-0.39, 0.29) is 34.0 Å². The lowest BCUT2D eigenvalue weighted by atomic mass is 9.82. The number of rotatable bonds is 1. The van der Waals surface area contributed by atoms with E-state index < -0.39 is 20.3 Å². The molecule has 5 atom stereocenters. The third kappa shape index (κ3) is 2.29. The molecule has 3 aliphatic rings. The highest BCUT2D eigenvalue weighted by Gasteiger charge is 2.72. The average Bonchev–Trinajstić information content (AvgIpc) is 3.15. The number of Topliss-reactive ketones (excluding diaryl/α,β-unsaturated/α-hetero) is 1. The Labute approximate surface area is 139 Å². The summed E-state index contributed by atoms with van der Waals surface area (Å²) in [5.74, 6) is -0.345. The van der Waals surface area contributed by atoms with Crippen molar-refractivity contribution in [2.24, 2.45) is 5.92 Å². The quantitative estimate of drug-likeness (QED) is 0.742. The molecule has 1 aliphatic carbocycles. The van der Waals surface area contributed by atoms with Crippen LogP contribution in [-0.2, 0) is 18.4 Å². The summed E-state index contributed by atoms with van der Waals surface area (Å²) in [7, 11) is -2.73. The van der Waals surface area contributed by atoms with Crippen LogP contribution in [0.25, 0.3) is 0 Å². The Hall–Kier alpha value is -0.273. The van der Waals surface area contributed by atoms with E-state index in [1.165, 1.54) is 6.92 Å². The molecule has 3 fully saturated rings. The number of ether oxygens (including phenoxy) is 1. The maximum Gasteiger partial charge on any atom is 0.349 e. The van der Waals surface area contributed by atoms with Gasteiger partial charge in [0.2, 0.25) is 0 Å². The second-order valence-corrected chi connectivity index (χ2v) is 14.2. The van der Waals surface area contributed by atoms with Gasteiger partial charge in [-0.25, -0.2) is 0 Å². The zero-order valence-corrected chi connectivity index (χ0v) is 16.3. The minimum absolute atomic E-state index is 0.0317. The second-order valence-electron chi connectivity index (χ2n) is 9.40. The van der Waals surface area contributed by atoms with Gasteiger partial charge >= 0.3 is 8.56 Å². The van der Waals surface area contributed by atoms with Crippen LogP contribution >= 0.6 is 0 Å². The zero-order valence-electron chi connectivity index (χ0n) is 15.3. The number of hydrogen-bond donors (Lipinski definition) is 1. The summed E-state index contributed by atoms with van der Waals surface area (Å²) in [4.78, 5) is 12.3. The predicted octanol–water partition coefficient (Wildman–Crippen LogP) is 2.55. The number of ketones is 1. The Morgan fingerprint density at radius 1 is 1.13 bits per heavy atom. The molecule has 1 N–H and O–H groups in total. The Balaban J connectivity index is 2.03. The van der Waals surface area contributed by atoms with Crippen LogP contribution in [0, 0.1) is 5.92 Å². The average molecular weight is 343 g/mol. The lowest BCUT2D eigenvalue weighted by Crippen LogP contribution is -2.72. The Morgan fingerprint density at radius 2 is 1.70 bits per heavy atom. The number of fused-ring (bicyclic) bond motifs is 2. The van der Waals surface area contributed by atoms with E-state index in [1.54, 1.807) is 0 Å². The van der Waals surface area contributed by atoms with E-state index in [1.807, 2.05) is 0 Å². The van der Waals surface area contributed by atoms with Gasteiger partial charge in [-0.15, -0.1) is 0 Å². The highest BCUT2D eigenvalue weighted by Crippen LogP contribution is 2.59. The fraction of sp³-hybridized carbons (Fsp3) is 0.941. The smallest absolute Gasteiger partial charge is 0.349 e. The van der Waals surface area contributed by atoms with Crippen molar-refractivity contribution in [2.45, 2.75) is 88.9 Å². The van der Waals surface area contributed by atoms with E-state index in [2.05, 4.69) is 41.5 Å². The fourth-order valence-electron chi connectivity index (χ4n) is 4.65. The molecule has 0 amide bonds. The minimum atomic E-state index is -2.73. The number of carbonyl (C=O) groups excluding carboxylic acids is 1. The molecule has 0 radical (unpaired) electrons. The molecule has 0 aromatic rings. The van der Waals surface area contributed by atoms with Gasteiger partial charge < -0.3 is 18.7 Å². The van der Waals surface area contributed by atoms with E-state index in [4.69, 9.17) is 13.6 Å². The van der Waals surface area contributed by atoms with E-state index in [0.29, 0.717) is 6.61 Å². The molecule has 0 spiro atoms. The molecule has 2 saturated heterocycles. The lowest BCUT2D eigenvalue weighted by molar-refractivity contribution is -0.218. The third-order valence-corrected chi connectivity index (χ3v) is 10.8. The van der Waals surface area contributed by atoms with Crippen LogP contribution in [0.2, 0.25) is 10.1 Å². The Bertz CT molecular complexity index is 506. The van der Waals surface area contributed by atoms with Crippen molar-refractivity contribution < 1.29 is 23.5 Å². The molecule has 5 nitrogen and oxygen atoms in total. The lowest BCUT2D eigenvalue weighted by Gasteiger charge is -2.57. The summed E-state index contributed by atoms with van der Waals surface area (Å²) < 4.78 is 19.0. The zero-order chi connectivity index (χ0) is 17.4. The van der Waals surface area contributed by atoms with Crippen molar-refractivity contribution in [2.75, 3.05) is 6.61 Å². The molecule has 23 heavy (non-hydrogen) atoms. The van der Waals surface area contributed by atoms with Crippen molar-refractivity contribution in [3.05, 3.63) is 0 Å². The molecule has 3 rings (SSSR count). The molecule has 0 aromatic carbocycles. The summed E-state index contributed by atoms with van der Waals surface area (Å²) in [6.07, 6.45) is -0.289. The van der Waals surface area contributed by atoms with E-state index in [0.717, 1.165) is 6.42 Å². The van der Waals surface area contributed by atoms with E-state index >= 15 is 0 Å². The topological polar surface area (TPSA) is 65.0 Å². The Morgan fingerprint density at radius 3 is 2.17 bits per heavy atom. The largest absolute Gasteiger partial charge is 0.391 e. The molecular weight excluding hydrogens is 312 g/mol. The fourth-order valence-corrected chi connectivity index (χ4v) is 9.63. The molecule has 2 heterocycles. The first-order chi connectivity index (χ1) is 10.3. The summed E-state index contributed by atoms with van der Waals surface area (Å²) in [5.41, 5.74) is -1.44. The summed E-state index contributed by atoms with van der Waals surface area (Å²) in [5, 5.41) is 10.9. The Kier molecular flexibility index (Phi) is 3.72. The summed E-state index contributed by atoms with van der Waals surface area (Å²) >= 11 is 0. The van der Waals surface area contributed by atoms with Crippen LogP contribution in [0.1, 0.15) is 54.9 Å². The molecular formula is C17H30O5Si. The van der Waals surface area contributed by atoms with Crippen LogP contribution in [0.5, 0.6) is 0 Å². The standard InChI is InChI=1S/C17H30O5Si/c1-10(18)17(19)11-8-12(11)21-13-9-20-23(15(2,3)4,16(5,6)7)22-14(13)17/h11-14,19H,8-9H2,1-7H3/t11-,12-,13+,14+,17-/m0/s1. The molecule has 0 unspecified atom stereocenters. The van der Waals surface area contributed by atoms with Crippen molar-refractivity contribution >= 4 is 14.3 Å². The molecule has 6 heteroatoms. The molecule has 0 bridgehead atoms. The van der Waals surface area contributed by atoms with Gasteiger partial charge in [0.1, 0.15) is 12.2 Å². The van der Waals surface area contributed by atoms with Crippen LogP contribution in [0.15, 0.2) is 0 Å². The number of aliphatic hydroxyl groups is 1. The van der Waals surface area contributed by atoms with Crippen molar-refractivity contribution in [1.29, 1.82) is 0 Å². The third-order valence-electron chi connectivity index (χ3n) is 5.70. The maximum absolute atomic E-state index is 12.3. The molecule has 0 aromatic heterocycles. The molecule has 1 saturated carbocycles. The van der Waals surface area contributed by atoms with Gasteiger partial charge in [0.15, 0.2) is 11.4 Å². The number of hydrogen-bond acceptors (Lipinski definition) is 5. The molecule has 132 valence electrons. The highest BCUT2D eigenvalue weighted by molar-refractivity contribution is 6.73. The maximum atomic E-state index is 12.3. The molecule has 2 aliphatic heterocycles. The first-order valence-electron chi connectivity index (χ1n) is 8.55.